The summed E-state index contributed by atoms with van der Waals surface area (Å²) in [5.74, 6) is 2.02. The van der Waals surface area contributed by atoms with Crippen molar-refractivity contribution in [3.63, 3.8) is 0 Å². The van der Waals surface area contributed by atoms with Crippen LogP contribution in [0.15, 0.2) is 0 Å². The van der Waals surface area contributed by atoms with Gasteiger partial charge in [-0.1, -0.05) is 13.8 Å². The Hall–Kier alpha value is 0.310. The van der Waals surface area contributed by atoms with E-state index in [1.54, 1.807) is 0 Å². The van der Waals surface area contributed by atoms with Gasteiger partial charge in [0.2, 0.25) is 0 Å². The highest BCUT2D eigenvalue weighted by atomic mass is 32.1. The lowest BCUT2D eigenvalue weighted by Crippen LogP contribution is -2.43. The normalized spacial score (nSPS) is 17.4. The van der Waals surface area contributed by atoms with Crippen LogP contribution in [0.1, 0.15) is 53.4 Å². The third kappa shape index (κ3) is 3.96. The van der Waals surface area contributed by atoms with Crippen molar-refractivity contribution in [2.45, 2.75) is 59.4 Å². The maximum Gasteiger partial charge on any atom is 0.00484 e. The predicted molar refractivity (Wildman–Crippen MR) is 76.3 cm³/mol. The molecule has 16 heavy (non-hydrogen) atoms. The zero-order valence-electron chi connectivity index (χ0n) is 11.5. The summed E-state index contributed by atoms with van der Waals surface area (Å²) >= 11 is 4.58. The molecule has 1 aliphatic carbocycles. The molecule has 0 N–H and O–H groups in total. The maximum absolute atomic E-state index is 4.58. The molecule has 0 amide bonds. The summed E-state index contributed by atoms with van der Waals surface area (Å²) in [5.41, 5.74) is 0.433. The van der Waals surface area contributed by atoms with Crippen molar-refractivity contribution < 1.29 is 0 Å². The molecular weight excluding hydrogens is 214 g/mol. The van der Waals surface area contributed by atoms with Gasteiger partial charge in [-0.25, -0.2) is 0 Å². The lowest BCUT2D eigenvalue weighted by atomic mass is 9.83. The van der Waals surface area contributed by atoms with Gasteiger partial charge in [-0.3, -0.25) is 0 Å². The highest BCUT2D eigenvalue weighted by molar-refractivity contribution is 7.80. The van der Waals surface area contributed by atoms with Crippen LogP contribution in [0.3, 0.4) is 0 Å². The van der Waals surface area contributed by atoms with E-state index in [9.17, 15) is 0 Å². The Kier molecular flexibility index (Phi) is 5.66. The Morgan fingerprint density at radius 2 is 1.81 bits per heavy atom. The molecule has 0 bridgehead atoms. The van der Waals surface area contributed by atoms with Crippen molar-refractivity contribution in [3.8, 4) is 0 Å². The smallest absolute Gasteiger partial charge is 0.00484 e. The fourth-order valence-electron chi connectivity index (χ4n) is 2.27. The summed E-state index contributed by atoms with van der Waals surface area (Å²) in [6, 6.07) is 0.679. The Morgan fingerprint density at radius 1 is 1.25 bits per heavy atom. The Balaban J connectivity index is 2.55. The lowest BCUT2D eigenvalue weighted by Gasteiger charge is -2.38. The Labute approximate surface area is 107 Å². The molecular formula is C14H29NS. The third-order valence-corrected chi connectivity index (χ3v) is 4.96. The minimum absolute atomic E-state index is 0.433. The number of rotatable bonds is 8. The van der Waals surface area contributed by atoms with Crippen LogP contribution >= 0.6 is 12.6 Å². The first-order chi connectivity index (χ1) is 7.56. The number of hydrogen-bond donors (Lipinski definition) is 1. The van der Waals surface area contributed by atoms with Crippen LogP contribution < -0.4 is 0 Å². The van der Waals surface area contributed by atoms with Gasteiger partial charge in [0.15, 0.2) is 0 Å². The molecule has 0 saturated heterocycles. The van der Waals surface area contributed by atoms with E-state index in [0.717, 1.165) is 11.7 Å². The molecule has 0 aromatic heterocycles. The van der Waals surface area contributed by atoms with E-state index in [4.69, 9.17) is 0 Å². The zero-order valence-corrected chi connectivity index (χ0v) is 12.4. The third-order valence-electron chi connectivity index (χ3n) is 4.29. The Morgan fingerprint density at radius 3 is 2.12 bits per heavy atom. The topological polar surface area (TPSA) is 3.24 Å². The fraction of sp³-hybridized carbons (Fsp3) is 1.00. The average Bonchev–Trinajstić information content (AvgIpc) is 3.08. The minimum atomic E-state index is 0.433. The van der Waals surface area contributed by atoms with Gasteiger partial charge in [-0.15, -0.1) is 0 Å². The van der Waals surface area contributed by atoms with Crippen molar-refractivity contribution >= 4 is 12.6 Å². The van der Waals surface area contributed by atoms with Crippen LogP contribution in [-0.2, 0) is 0 Å². The molecule has 1 rings (SSSR count). The minimum Gasteiger partial charge on any atom is -0.300 e. The van der Waals surface area contributed by atoms with Gasteiger partial charge in [-0.05, 0) is 56.6 Å². The van der Waals surface area contributed by atoms with Gasteiger partial charge >= 0.3 is 0 Å². The van der Waals surface area contributed by atoms with Crippen molar-refractivity contribution in [1.82, 2.24) is 4.90 Å². The van der Waals surface area contributed by atoms with E-state index in [-0.39, 0.29) is 0 Å². The molecule has 0 aliphatic heterocycles. The highest BCUT2D eigenvalue weighted by Gasteiger charge is 2.31. The second kappa shape index (κ2) is 6.30. The number of hydrogen-bond acceptors (Lipinski definition) is 2. The van der Waals surface area contributed by atoms with Crippen LogP contribution in [0, 0.1) is 11.3 Å². The average molecular weight is 243 g/mol. The molecule has 0 aromatic carbocycles. The maximum atomic E-state index is 4.58. The van der Waals surface area contributed by atoms with Crippen LogP contribution in [0.25, 0.3) is 0 Å². The molecule has 96 valence electrons. The monoisotopic (exact) mass is 243 g/mol. The first kappa shape index (κ1) is 14.4. The molecule has 2 heteroatoms. The second-order valence-corrected chi connectivity index (χ2v) is 6.15. The molecule has 0 unspecified atom stereocenters. The first-order valence-electron chi connectivity index (χ1n) is 6.91. The van der Waals surface area contributed by atoms with Crippen LogP contribution in [0.5, 0.6) is 0 Å². The SMILES string of the molecule is CCC(CC)(CS)CN(CC1CC1)C(C)C. The summed E-state index contributed by atoms with van der Waals surface area (Å²) in [5, 5.41) is 0. The van der Waals surface area contributed by atoms with E-state index >= 15 is 0 Å². The van der Waals surface area contributed by atoms with E-state index in [1.165, 1.54) is 38.8 Å². The van der Waals surface area contributed by atoms with Gasteiger partial charge in [0.05, 0.1) is 0 Å². The lowest BCUT2D eigenvalue weighted by molar-refractivity contribution is 0.123. The fourth-order valence-corrected chi connectivity index (χ4v) is 2.82. The van der Waals surface area contributed by atoms with E-state index < -0.39 is 0 Å². The van der Waals surface area contributed by atoms with E-state index in [2.05, 4.69) is 45.2 Å². The van der Waals surface area contributed by atoms with Crippen molar-refractivity contribution in [2.75, 3.05) is 18.8 Å². The molecule has 0 heterocycles. The van der Waals surface area contributed by atoms with Crippen LogP contribution in [0.4, 0.5) is 0 Å². The van der Waals surface area contributed by atoms with Crippen molar-refractivity contribution in [1.29, 1.82) is 0 Å². The number of nitrogens with zero attached hydrogens (tertiary/aromatic N) is 1. The Bertz CT molecular complexity index is 187. The van der Waals surface area contributed by atoms with Crippen molar-refractivity contribution in [2.24, 2.45) is 11.3 Å². The highest BCUT2D eigenvalue weighted by Crippen LogP contribution is 2.34. The molecule has 1 saturated carbocycles. The first-order valence-corrected chi connectivity index (χ1v) is 7.55. The molecule has 0 aromatic rings. The zero-order chi connectivity index (χ0) is 12.2. The number of thiol groups is 1. The standard InChI is InChI=1S/C14H29NS/c1-5-14(6-2,11-16)10-15(12(3)4)9-13-7-8-13/h12-13,16H,5-11H2,1-4H3. The second-order valence-electron chi connectivity index (χ2n) is 5.83. The molecule has 1 aliphatic rings. The predicted octanol–water partition coefficient (Wildman–Crippen LogP) is 3.84. The van der Waals surface area contributed by atoms with Crippen molar-refractivity contribution in [3.05, 3.63) is 0 Å². The summed E-state index contributed by atoms with van der Waals surface area (Å²) < 4.78 is 0. The summed E-state index contributed by atoms with van der Waals surface area (Å²) in [7, 11) is 0. The van der Waals surface area contributed by atoms with E-state index in [0.29, 0.717) is 11.5 Å². The van der Waals surface area contributed by atoms with Gasteiger partial charge in [0, 0.05) is 19.1 Å². The van der Waals surface area contributed by atoms with E-state index in [1.807, 2.05) is 0 Å². The van der Waals surface area contributed by atoms with Gasteiger partial charge in [0.1, 0.15) is 0 Å². The largest absolute Gasteiger partial charge is 0.300 e. The molecule has 0 spiro atoms. The van der Waals surface area contributed by atoms with Gasteiger partial charge in [0.25, 0.3) is 0 Å². The summed E-state index contributed by atoms with van der Waals surface area (Å²) in [6.45, 7) is 11.8. The summed E-state index contributed by atoms with van der Waals surface area (Å²) in [4.78, 5) is 2.68. The van der Waals surface area contributed by atoms with Crippen LogP contribution in [-0.4, -0.2) is 29.8 Å². The van der Waals surface area contributed by atoms with Gasteiger partial charge < -0.3 is 4.90 Å². The molecule has 1 fully saturated rings. The molecule has 1 nitrogen and oxygen atoms in total. The van der Waals surface area contributed by atoms with Crippen LogP contribution in [0.2, 0.25) is 0 Å². The summed E-state index contributed by atoms with van der Waals surface area (Å²) in [6.07, 6.45) is 5.41. The van der Waals surface area contributed by atoms with Gasteiger partial charge in [-0.2, -0.15) is 12.6 Å². The molecule has 0 atom stereocenters. The quantitative estimate of drug-likeness (QED) is 0.634. The molecule has 0 radical (unpaired) electrons.